The lowest BCUT2D eigenvalue weighted by Crippen LogP contribution is -2.41. The van der Waals surface area contributed by atoms with Gasteiger partial charge in [-0.25, -0.2) is 9.59 Å². The molecule has 0 aliphatic heterocycles. The lowest BCUT2D eigenvalue weighted by Gasteiger charge is -2.20. The normalized spacial score (nSPS) is 11.7. The molecule has 9 heteroatoms. The summed E-state index contributed by atoms with van der Waals surface area (Å²) in [4.78, 5) is 47.2. The van der Waals surface area contributed by atoms with Crippen molar-refractivity contribution in [1.82, 2.24) is 16.0 Å². The second-order valence-corrected chi connectivity index (χ2v) is 6.53. The van der Waals surface area contributed by atoms with Crippen molar-refractivity contribution in [3.05, 3.63) is 35.9 Å². The minimum atomic E-state index is -1.29. The Kier molecular flexibility index (Phi) is 8.25. The summed E-state index contributed by atoms with van der Waals surface area (Å²) in [5, 5.41) is 6.75. The van der Waals surface area contributed by atoms with Crippen LogP contribution in [0, 0.1) is 0 Å². The van der Waals surface area contributed by atoms with Crippen molar-refractivity contribution in [1.29, 1.82) is 0 Å². The molecule has 0 bridgehead atoms. The number of carbonyl (C=O) groups is 4. The predicted octanol–water partition coefficient (Wildman–Crippen LogP) is 1.64. The van der Waals surface area contributed by atoms with Gasteiger partial charge in [-0.2, -0.15) is 0 Å². The molecule has 0 aliphatic rings. The Morgan fingerprint density at radius 1 is 1.07 bits per heavy atom. The summed E-state index contributed by atoms with van der Waals surface area (Å²) < 4.78 is 10.3. The number of benzene rings is 1. The molecule has 0 saturated carbocycles. The summed E-state index contributed by atoms with van der Waals surface area (Å²) in [6, 6.07) is 7.56. The van der Waals surface area contributed by atoms with Crippen LogP contribution in [0.5, 0.6) is 0 Å². The van der Waals surface area contributed by atoms with E-state index in [0.29, 0.717) is 5.56 Å². The first-order chi connectivity index (χ1) is 12.6. The molecule has 0 saturated heterocycles. The largest absolute Gasteiger partial charge is 0.447 e. The van der Waals surface area contributed by atoms with Crippen molar-refractivity contribution in [3.8, 4) is 0 Å². The maximum Gasteiger partial charge on any atom is 0.407 e. The molecule has 0 heterocycles. The van der Waals surface area contributed by atoms with E-state index in [2.05, 4.69) is 16.0 Å². The van der Waals surface area contributed by atoms with E-state index >= 15 is 0 Å². The van der Waals surface area contributed by atoms with Crippen LogP contribution in [0.3, 0.4) is 0 Å². The molecule has 1 aromatic rings. The maximum atomic E-state index is 12.2. The highest BCUT2D eigenvalue weighted by Gasteiger charge is 2.26. The second kappa shape index (κ2) is 10.1. The van der Waals surface area contributed by atoms with Crippen molar-refractivity contribution in [2.45, 2.75) is 38.9 Å². The highest BCUT2D eigenvalue weighted by atomic mass is 16.6. The zero-order valence-corrected chi connectivity index (χ0v) is 15.8. The SMILES string of the molecule is CNC(=O)NC(=O)[C@@H](OC(=O)CCNC(=O)OC(C)(C)C)c1ccccc1. The van der Waals surface area contributed by atoms with E-state index in [1.165, 1.54) is 7.05 Å². The predicted molar refractivity (Wildman–Crippen MR) is 96.7 cm³/mol. The van der Waals surface area contributed by atoms with Gasteiger partial charge in [0.1, 0.15) is 5.60 Å². The van der Waals surface area contributed by atoms with Crippen LogP contribution in [0.15, 0.2) is 30.3 Å². The Labute approximate surface area is 157 Å². The molecule has 1 aromatic carbocycles. The van der Waals surface area contributed by atoms with Gasteiger partial charge in [0.25, 0.3) is 5.91 Å². The van der Waals surface area contributed by atoms with Crippen LogP contribution in [-0.2, 0) is 19.1 Å². The third-order valence-electron chi connectivity index (χ3n) is 3.05. The number of esters is 1. The highest BCUT2D eigenvalue weighted by Crippen LogP contribution is 2.18. The van der Waals surface area contributed by atoms with Gasteiger partial charge in [-0.1, -0.05) is 30.3 Å². The van der Waals surface area contributed by atoms with Crippen molar-refractivity contribution < 1.29 is 28.7 Å². The van der Waals surface area contributed by atoms with Crippen LogP contribution in [-0.4, -0.2) is 43.2 Å². The average Bonchev–Trinajstić information content (AvgIpc) is 2.58. The fourth-order valence-corrected chi connectivity index (χ4v) is 1.91. The first-order valence-corrected chi connectivity index (χ1v) is 8.36. The van der Waals surface area contributed by atoms with E-state index in [1.807, 2.05) is 0 Å². The summed E-state index contributed by atoms with van der Waals surface area (Å²) in [5.74, 6) is -1.50. The third-order valence-corrected chi connectivity index (χ3v) is 3.05. The molecule has 27 heavy (non-hydrogen) atoms. The molecule has 0 unspecified atom stereocenters. The fourth-order valence-electron chi connectivity index (χ4n) is 1.91. The second-order valence-electron chi connectivity index (χ2n) is 6.53. The number of alkyl carbamates (subject to hydrolysis) is 1. The van der Waals surface area contributed by atoms with Crippen molar-refractivity contribution >= 4 is 24.0 Å². The highest BCUT2D eigenvalue weighted by molar-refractivity contribution is 5.97. The summed E-state index contributed by atoms with van der Waals surface area (Å²) in [6.45, 7) is 5.13. The number of rotatable bonds is 6. The number of hydrogen-bond acceptors (Lipinski definition) is 6. The van der Waals surface area contributed by atoms with Crippen molar-refractivity contribution in [3.63, 3.8) is 0 Å². The van der Waals surface area contributed by atoms with Gasteiger partial charge in [0.2, 0.25) is 6.10 Å². The van der Waals surface area contributed by atoms with Gasteiger partial charge < -0.3 is 20.1 Å². The Bertz CT molecular complexity index is 669. The minimum absolute atomic E-state index is 0.0215. The number of amides is 4. The first kappa shape index (κ1) is 21.9. The van der Waals surface area contributed by atoms with E-state index in [-0.39, 0.29) is 13.0 Å². The van der Waals surface area contributed by atoms with Gasteiger partial charge in [0.05, 0.1) is 6.42 Å². The van der Waals surface area contributed by atoms with Gasteiger partial charge in [-0.3, -0.25) is 14.9 Å². The van der Waals surface area contributed by atoms with Crippen LogP contribution >= 0.6 is 0 Å². The number of nitrogens with one attached hydrogen (secondary N) is 3. The summed E-state index contributed by atoms with van der Waals surface area (Å²) >= 11 is 0. The van der Waals surface area contributed by atoms with Crippen molar-refractivity contribution in [2.75, 3.05) is 13.6 Å². The third kappa shape index (κ3) is 8.70. The zero-order valence-electron chi connectivity index (χ0n) is 15.8. The monoisotopic (exact) mass is 379 g/mol. The van der Waals surface area contributed by atoms with Crippen LogP contribution in [0.1, 0.15) is 38.9 Å². The molecule has 0 aromatic heterocycles. The van der Waals surface area contributed by atoms with Gasteiger partial charge in [0, 0.05) is 19.2 Å². The molecule has 0 aliphatic carbocycles. The van der Waals surface area contributed by atoms with Crippen LogP contribution in [0.4, 0.5) is 9.59 Å². The number of hydrogen-bond donors (Lipinski definition) is 3. The van der Waals surface area contributed by atoms with Gasteiger partial charge in [-0.15, -0.1) is 0 Å². The Morgan fingerprint density at radius 2 is 1.70 bits per heavy atom. The van der Waals surface area contributed by atoms with Gasteiger partial charge >= 0.3 is 18.1 Å². The lowest BCUT2D eigenvalue weighted by molar-refractivity contribution is -0.156. The molecule has 4 amide bonds. The summed E-state index contributed by atoms with van der Waals surface area (Å²) in [5.41, 5.74) is -0.242. The molecule has 1 rings (SSSR count). The summed E-state index contributed by atoms with van der Waals surface area (Å²) in [7, 11) is 1.36. The number of ether oxygens (including phenoxy) is 2. The van der Waals surface area contributed by atoms with Gasteiger partial charge in [-0.05, 0) is 20.8 Å². The van der Waals surface area contributed by atoms with Crippen molar-refractivity contribution in [2.24, 2.45) is 0 Å². The smallest absolute Gasteiger partial charge is 0.407 e. The van der Waals surface area contributed by atoms with E-state index in [0.717, 1.165) is 0 Å². The fraction of sp³-hybridized carbons (Fsp3) is 0.444. The van der Waals surface area contributed by atoms with E-state index in [9.17, 15) is 19.2 Å². The molecule has 9 nitrogen and oxygen atoms in total. The molecular weight excluding hydrogens is 354 g/mol. The van der Waals surface area contributed by atoms with Crippen LogP contribution in [0.25, 0.3) is 0 Å². The Morgan fingerprint density at radius 3 is 2.26 bits per heavy atom. The number of carbonyl (C=O) groups excluding carboxylic acids is 4. The Balaban J connectivity index is 2.64. The number of imide groups is 1. The zero-order chi connectivity index (χ0) is 20.4. The van der Waals surface area contributed by atoms with Crippen LogP contribution in [0.2, 0.25) is 0 Å². The van der Waals surface area contributed by atoms with Crippen LogP contribution < -0.4 is 16.0 Å². The van der Waals surface area contributed by atoms with E-state index in [1.54, 1.807) is 51.1 Å². The molecule has 3 N–H and O–H groups in total. The topological polar surface area (TPSA) is 123 Å². The summed E-state index contributed by atoms with van der Waals surface area (Å²) in [6.07, 6.45) is -2.12. The molecule has 0 fully saturated rings. The minimum Gasteiger partial charge on any atom is -0.447 e. The first-order valence-electron chi connectivity index (χ1n) is 8.36. The van der Waals surface area contributed by atoms with Gasteiger partial charge in [0.15, 0.2) is 0 Å². The standard InChI is InChI=1S/C18H25N3O6/c1-18(2,3)27-17(25)20-11-10-13(22)26-14(12-8-6-5-7-9-12)15(23)21-16(24)19-4/h5-9,14H,10-11H2,1-4H3,(H,20,25)(H2,19,21,23,24)/t14-/m0/s1. The lowest BCUT2D eigenvalue weighted by atomic mass is 10.1. The molecule has 148 valence electrons. The molecule has 0 radical (unpaired) electrons. The number of urea groups is 1. The molecular formula is C18H25N3O6. The average molecular weight is 379 g/mol. The Hall–Kier alpha value is -3.10. The quantitative estimate of drug-likeness (QED) is 0.646. The maximum absolute atomic E-state index is 12.2. The van der Waals surface area contributed by atoms with E-state index < -0.39 is 35.7 Å². The molecule has 0 spiro atoms. The molecule has 1 atom stereocenters. The van der Waals surface area contributed by atoms with E-state index in [4.69, 9.17) is 9.47 Å².